The van der Waals surface area contributed by atoms with Gasteiger partial charge in [0.1, 0.15) is 0 Å². The number of nitrogens with two attached hydrogens (primary N) is 1. The standard InChI is InChI=1S/C9H17N5S/c1-4-6(2)12-9(10)11-5-8-7(3)13-14-15-8/h6H,4-5H2,1-3H3,(H3,10,11,12). The van der Waals surface area contributed by atoms with Gasteiger partial charge in [0.15, 0.2) is 5.96 Å². The highest BCUT2D eigenvalue weighted by Gasteiger charge is 2.03. The molecule has 0 aliphatic carbocycles. The molecule has 84 valence electrons. The molecule has 0 aliphatic heterocycles. The Morgan fingerprint density at radius 1 is 1.67 bits per heavy atom. The highest BCUT2D eigenvalue weighted by atomic mass is 32.1. The smallest absolute Gasteiger partial charge is 0.189 e. The SMILES string of the molecule is CCC(C)NC(N)=NCc1snnc1C. The van der Waals surface area contributed by atoms with Crippen LogP contribution in [0.1, 0.15) is 30.8 Å². The van der Waals surface area contributed by atoms with Crippen LogP contribution in [0.4, 0.5) is 0 Å². The van der Waals surface area contributed by atoms with Crippen LogP contribution in [0.5, 0.6) is 0 Å². The Bertz CT molecular complexity index is 333. The van der Waals surface area contributed by atoms with E-state index < -0.39 is 0 Å². The van der Waals surface area contributed by atoms with Crippen molar-refractivity contribution in [3.05, 3.63) is 10.6 Å². The normalized spacial score (nSPS) is 13.9. The summed E-state index contributed by atoms with van der Waals surface area (Å²) in [5, 5.41) is 7.01. The minimum absolute atomic E-state index is 0.356. The highest BCUT2D eigenvalue weighted by Crippen LogP contribution is 2.09. The first kappa shape index (κ1) is 11.9. The number of aliphatic imine (C=N–C) groups is 1. The molecule has 0 aliphatic rings. The third-order valence-electron chi connectivity index (χ3n) is 2.15. The van der Waals surface area contributed by atoms with Gasteiger partial charge in [0.2, 0.25) is 0 Å². The van der Waals surface area contributed by atoms with Gasteiger partial charge in [0, 0.05) is 6.04 Å². The summed E-state index contributed by atoms with van der Waals surface area (Å²) in [5.41, 5.74) is 6.65. The van der Waals surface area contributed by atoms with Crippen molar-refractivity contribution in [2.24, 2.45) is 10.7 Å². The maximum absolute atomic E-state index is 5.72. The molecule has 0 spiro atoms. The van der Waals surface area contributed by atoms with Crippen LogP contribution >= 0.6 is 11.5 Å². The topological polar surface area (TPSA) is 76.2 Å². The second-order valence-electron chi connectivity index (χ2n) is 3.44. The van der Waals surface area contributed by atoms with Crippen molar-refractivity contribution in [3.63, 3.8) is 0 Å². The van der Waals surface area contributed by atoms with Gasteiger partial charge < -0.3 is 11.1 Å². The Balaban J connectivity index is 2.47. The summed E-state index contributed by atoms with van der Waals surface area (Å²) in [4.78, 5) is 5.29. The molecular weight excluding hydrogens is 210 g/mol. The lowest BCUT2D eigenvalue weighted by atomic mass is 10.3. The monoisotopic (exact) mass is 227 g/mol. The van der Waals surface area contributed by atoms with E-state index in [0.717, 1.165) is 17.0 Å². The number of aryl methyl sites for hydroxylation is 1. The molecule has 5 nitrogen and oxygen atoms in total. The van der Waals surface area contributed by atoms with Crippen molar-refractivity contribution in [3.8, 4) is 0 Å². The van der Waals surface area contributed by atoms with Crippen LogP contribution in [-0.2, 0) is 6.54 Å². The van der Waals surface area contributed by atoms with E-state index >= 15 is 0 Å². The van der Waals surface area contributed by atoms with Gasteiger partial charge in [-0.05, 0) is 31.8 Å². The number of guanidine groups is 1. The van der Waals surface area contributed by atoms with E-state index in [2.05, 4.69) is 33.7 Å². The van der Waals surface area contributed by atoms with Gasteiger partial charge in [-0.2, -0.15) is 0 Å². The van der Waals surface area contributed by atoms with E-state index in [1.54, 1.807) is 0 Å². The lowest BCUT2D eigenvalue weighted by molar-refractivity contribution is 0.636. The van der Waals surface area contributed by atoms with Crippen molar-refractivity contribution in [1.82, 2.24) is 14.9 Å². The van der Waals surface area contributed by atoms with E-state index in [9.17, 15) is 0 Å². The Kier molecular flexibility index (Phi) is 4.48. The van der Waals surface area contributed by atoms with E-state index in [4.69, 9.17) is 5.73 Å². The van der Waals surface area contributed by atoms with Gasteiger partial charge in [0.25, 0.3) is 0 Å². The summed E-state index contributed by atoms with van der Waals surface area (Å²) in [7, 11) is 0. The fourth-order valence-corrected chi connectivity index (χ4v) is 1.51. The van der Waals surface area contributed by atoms with Crippen LogP contribution in [0.15, 0.2) is 4.99 Å². The zero-order valence-electron chi connectivity index (χ0n) is 9.32. The van der Waals surface area contributed by atoms with Crippen LogP contribution in [0.2, 0.25) is 0 Å². The Hall–Kier alpha value is -1.17. The van der Waals surface area contributed by atoms with Gasteiger partial charge in [0.05, 0.1) is 17.1 Å². The number of nitrogens with zero attached hydrogens (tertiary/aromatic N) is 3. The first-order valence-electron chi connectivity index (χ1n) is 4.97. The van der Waals surface area contributed by atoms with Gasteiger partial charge in [-0.15, -0.1) is 5.10 Å². The summed E-state index contributed by atoms with van der Waals surface area (Å²) in [6.45, 7) is 6.65. The fourth-order valence-electron chi connectivity index (χ4n) is 0.953. The Labute approximate surface area is 94.0 Å². The zero-order chi connectivity index (χ0) is 11.3. The van der Waals surface area contributed by atoms with Gasteiger partial charge in [-0.3, -0.25) is 0 Å². The molecule has 1 aromatic rings. The largest absolute Gasteiger partial charge is 0.370 e. The Morgan fingerprint density at radius 2 is 2.40 bits per heavy atom. The second kappa shape index (κ2) is 5.65. The van der Waals surface area contributed by atoms with Gasteiger partial charge in [-0.1, -0.05) is 11.4 Å². The summed E-state index contributed by atoms with van der Waals surface area (Å²) in [5.74, 6) is 0.483. The highest BCUT2D eigenvalue weighted by molar-refractivity contribution is 7.05. The lowest BCUT2D eigenvalue weighted by Gasteiger charge is -2.11. The molecule has 6 heteroatoms. The molecule has 0 bridgehead atoms. The molecule has 1 aromatic heterocycles. The van der Waals surface area contributed by atoms with Crippen LogP contribution in [0, 0.1) is 6.92 Å². The molecule has 0 saturated heterocycles. The van der Waals surface area contributed by atoms with Gasteiger partial charge in [-0.25, -0.2) is 4.99 Å². The molecule has 1 rings (SSSR count). The zero-order valence-corrected chi connectivity index (χ0v) is 10.1. The maximum Gasteiger partial charge on any atom is 0.189 e. The predicted octanol–water partition coefficient (Wildman–Crippen LogP) is 1.05. The first-order valence-corrected chi connectivity index (χ1v) is 5.75. The predicted molar refractivity (Wildman–Crippen MR) is 62.9 cm³/mol. The molecule has 1 unspecified atom stereocenters. The van der Waals surface area contributed by atoms with E-state index in [1.165, 1.54) is 11.5 Å². The summed E-state index contributed by atoms with van der Waals surface area (Å²) < 4.78 is 3.84. The van der Waals surface area contributed by atoms with Crippen molar-refractivity contribution in [2.75, 3.05) is 0 Å². The van der Waals surface area contributed by atoms with Crippen molar-refractivity contribution in [1.29, 1.82) is 0 Å². The van der Waals surface area contributed by atoms with Crippen molar-refractivity contribution < 1.29 is 0 Å². The van der Waals surface area contributed by atoms with Gasteiger partial charge >= 0.3 is 0 Å². The third-order valence-corrected chi connectivity index (χ3v) is 2.95. The summed E-state index contributed by atoms with van der Waals surface area (Å²) in [6, 6.07) is 0.356. The van der Waals surface area contributed by atoms with Crippen LogP contribution < -0.4 is 11.1 Å². The second-order valence-corrected chi connectivity index (χ2v) is 4.28. The number of aromatic nitrogens is 2. The number of hydrogen-bond donors (Lipinski definition) is 2. The van der Waals surface area contributed by atoms with Crippen LogP contribution in [-0.4, -0.2) is 21.6 Å². The van der Waals surface area contributed by atoms with Crippen molar-refractivity contribution >= 4 is 17.5 Å². The molecule has 1 heterocycles. The molecule has 3 N–H and O–H groups in total. The molecule has 0 saturated carbocycles. The lowest BCUT2D eigenvalue weighted by Crippen LogP contribution is -2.38. The fraction of sp³-hybridized carbons (Fsp3) is 0.667. The van der Waals surface area contributed by atoms with Crippen LogP contribution in [0.3, 0.4) is 0 Å². The average Bonchev–Trinajstić information content (AvgIpc) is 2.61. The molecule has 0 fully saturated rings. The minimum atomic E-state index is 0.356. The number of rotatable bonds is 4. The van der Waals surface area contributed by atoms with Crippen molar-refractivity contribution in [2.45, 2.75) is 39.8 Å². The third kappa shape index (κ3) is 3.83. The molecular formula is C9H17N5S. The number of nitrogens with one attached hydrogen (secondary N) is 1. The average molecular weight is 227 g/mol. The van der Waals surface area contributed by atoms with E-state index in [1.807, 2.05) is 6.92 Å². The van der Waals surface area contributed by atoms with Crippen LogP contribution in [0.25, 0.3) is 0 Å². The minimum Gasteiger partial charge on any atom is -0.370 e. The maximum atomic E-state index is 5.72. The molecule has 15 heavy (non-hydrogen) atoms. The van der Waals surface area contributed by atoms with E-state index in [-0.39, 0.29) is 0 Å². The molecule has 0 aromatic carbocycles. The Morgan fingerprint density at radius 3 is 2.93 bits per heavy atom. The molecule has 0 amide bonds. The summed E-state index contributed by atoms with van der Waals surface area (Å²) in [6.07, 6.45) is 1.03. The summed E-state index contributed by atoms with van der Waals surface area (Å²) >= 11 is 1.36. The van der Waals surface area contributed by atoms with E-state index in [0.29, 0.717) is 18.5 Å². The number of hydrogen-bond acceptors (Lipinski definition) is 4. The molecule has 1 atom stereocenters. The quantitative estimate of drug-likeness (QED) is 0.595. The molecule has 0 radical (unpaired) electrons. The first-order chi connectivity index (χ1) is 7.13.